The summed E-state index contributed by atoms with van der Waals surface area (Å²) in [6, 6.07) is 0. The Labute approximate surface area is 109 Å². The lowest BCUT2D eigenvalue weighted by molar-refractivity contribution is -0.150. The summed E-state index contributed by atoms with van der Waals surface area (Å²) in [4.78, 5) is 21.9. The van der Waals surface area contributed by atoms with Gasteiger partial charge in [0, 0.05) is 25.7 Å². The quantitative estimate of drug-likeness (QED) is 0.725. The van der Waals surface area contributed by atoms with Crippen molar-refractivity contribution >= 4 is 11.9 Å². The van der Waals surface area contributed by atoms with Crippen molar-refractivity contribution in [1.29, 1.82) is 0 Å². The third kappa shape index (κ3) is 4.31. The predicted molar refractivity (Wildman–Crippen MR) is 67.8 cm³/mol. The van der Waals surface area contributed by atoms with Crippen molar-refractivity contribution in [3.63, 3.8) is 0 Å². The summed E-state index contributed by atoms with van der Waals surface area (Å²) < 4.78 is 10.3. The summed E-state index contributed by atoms with van der Waals surface area (Å²) in [5, 5.41) is 0. The Bertz CT molecular complexity index is 270. The van der Waals surface area contributed by atoms with Gasteiger partial charge < -0.3 is 9.47 Å². The zero-order valence-electron chi connectivity index (χ0n) is 11.8. The topological polar surface area (TPSA) is 52.6 Å². The number of hydrogen-bond donors (Lipinski definition) is 0. The fourth-order valence-corrected chi connectivity index (χ4v) is 2.80. The second-order valence-electron chi connectivity index (χ2n) is 5.46. The summed E-state index contributed by atoms with van der Waals surface area (Å²) in [5.41, 5.74) is 0. The lowest BCUT2D eigenvalue weighted by Crippen LogP contribution is -2.38. The first kappa shape index (κ1) is 15.0. The van der Waals surface area contributed by atoms with E-state index >= 15 is 0 Å². The highest BCUT2D eigenvalue weighted by molar-refractivity contribution is 5.66. The summed E-state index contributed by atoms with van der Waals surface area (Å²) >= 11 is 0. The molecule has 4 atom stereocenters. The van der Waals surface area contributed by atoms with Gasteiger partial charge in [-0.2, -0.15) is 0 Å². The molecule has 0 heterocycles. The van der Waals surface area contributed by atoms with Crippen LogP contribution < -0.4 is 0 Å². The third-order valence-corrected chi connectivity index (χ3v) is 4.05. The molecule has 1 aliphatic carbocycles. The Morgan fingerprint density at radius 2 is 1.22 bits per heavy atom. The maximum Gasteiger partial charge on any atom is 0.302 e. The van der Waals surface area contributed by atoms with E-state index in [4.69, 9.17) is 9.47 Å². The first-order chi connectivity index (χ1) is 8.41. The van der Waals surface area contributed by atoms with E-state index in [2.05, 4.69) is 13.8 Å². The van der Waals surface area contributed by atoms with Gasteiger partial charge in [-0.25, -0.2) is 0 Å². The molecule has 0 aromatic carbocycles. The van der Waals surface area contributed by atoms with Crippen molar-refractivity contribution in [2.24, 2.45) is 23.7 Å². The minimum Gasteiger partial charge on any atom is -0.466 e. The molecule has 1 fully saturated rings. The maximum absolute atomic E-state index is 10.9. The second kappa shape index (κ2) is 6.76. The van der Waals surface area contributed by atoms with Crippen LogP contribution in [-0.2, 0) is 19.1 Å². The van der Waals surface area contributed by atoms with Crippen LogP contribution in [0, 0.1) is 23.7 Å². The van der Waals surface area contributed by atoms with Gasteiger partial charge in [0.15, 0.2) is 0 Å². The SMILES string of the molecule is CC(=O)OCC1C(C)CCC(C)C1COC(C)=O. The Kier molecular flexibility index (Phi) is 5.63. The molecule has 4 heteroatoms. The Morgan fingerprint density at radius 3 is 1.50 bits per heavy atom. The summed E-state index contributed by atoms with van der Waals surface area (Å²) in [6.45, 7) is 8.09. The van der Waals surface area contributed by atoms with Crippen molar-refractivity contribution in [2.45, 2.75) is 40.5 Å². The van der Waals surface area contributed by atoms with Crippen LogP contribution in [0.2, 0.25) is 0 Å². The minimum absolute atomic E-state index is 0.244. The number of esters is 2. The molecule has 18 heavy (non-hydrogen) atoms. The Morgan fingerprint density at radius 1 is 0.889 bits per heavy atom. The molecule has 104 valence electrons. The van der Waals surface area contributed by atoms with Crippen molar-refractivity contribution in [1.82, 2.24) is 0 Å². The molecule has 0 amide bonds. The Hall–Kier alpha value is -1.06. The van der Waals surface area contributed by atoms with E-state index in [0.29, 0.717) is 25.0 Å². The van der Waals surface area contributed by atoms with Gasteiger partial charge in [0.25, 0.3) is 0 Å². The zero-order valence-corrected chi connectivity index (χ0v) is 11.8. The molecule has 0 aromatic heterocycles. The summed E-state index contributed by atoms with van der Waals surface area (Å²) in [7, 11) is 0. The largest absolute Gasteiger partial charge is 0.466 e. The predicted octanol–water partition coefficient (Wildman–Crippen LogP) is 2.41. The minimum atomic E-state index is -0.244. The van der Waals surface area contributed by atoms with E-state index in [1.54, 1.807) is 0 Å². The van der Waals surface area contributed by atoms with Crippen molar-refractivity contribution in [3.8, 4) is 0 Å². The normalized spacial score (nSPS) is 31.8. The van der Waals surface area contributed by atoms with Crippen LogP contribution in [-0.4, -0.2) is 25.2 Å². The van der Waals surface area contributed by atoms with Crippen LogP contribution in [0.25, 0.3) is 0 Å². The highest BCUT2D eigenvalue weighted by Crippen LogP contribution is 2.39. The first-order valence-electron chi connectivity index (χ1n) is 6.68. The molecule has 0 aliphatic heterocycles. The van der Waals surface area contributed by atoms with Gasteiger partial charge in [0.05, 0.1) is 13.2 Å². The van der Waals surface area contributed by atoms with Gasteiger partial charge in [-0.3, -0.25) is 9.59 Å². The van der Waals surface area contributed by atoms with E-state index in [1.807, 2.05) is 0 Å². The zero-order chi connectivity index (χ0) is 13.7. The lowest BCUT2D eigenvalue weighted by Gasteiger charge is -2.39. The van der Waals surface area contributed by atoms with E-state index < -0.39 is 0 Å². The molecule has 0 bridgehead atoms. The van der Waals surface area contributed by atoms with Gasteiger partial charge in [0.2, 0.25) is 0 Å². The molecule has 0 aromatic rings. The monoisotopic (exact) mass is 256 g/mol. The van der Waals surface area contributed by atoms with E-state index in [0.717, 1.165) is 12.8 Å². The average molecular weight is 256 g/mol. The van der Waals surface area contributed by atoms with Crippen molar-refractivity contribution in [2.75, 3.05) is 13.2 Å². The summed E-state index contributed by atoms with van der Waals surface area (Å²) in [6.07, 6.45) is 2.29. The van der Waals surface area contributed by atoms with Crippen LogP contribution in [0.4, 0.5) is 0 Å². The molecule has 4 nitrogen and oxygen atoms in total. The summed E-state index contributed by atoms with van der Waals surface area (Å²) in [5.74, 6) is 1.09. The van der Waals surface area contributed by atoms with Crippen LogP contribution in [0.15, 0.2) is 0 Å². The van der Waals surface area contributed by atoms with E-state index in [-0.39, 0.29) is 23.8 Å². The van der Waals surface area contributed by atoms with Gasteiger partial charge in [-0.1, -0.05) is 26.7 Å². The van der Waals surface area contributed by atoms with Gasteiger partial charge in [-0.15, -0.1) is 0 Å². The molecule has 1 aliphatic rings. The Balaban J connectivity index is 2.63. The molecule has 1 rings (SSSR count). The van der Waals surface area contributed by atoms with E-state index in [9.17, 15) is 9.59 Å². The van der Waals surface area contributed by atoms with Crippen LogP contribution in [0.1, 0.15) is 40.5 Å². The van der Waals surface area contributed by atoms with Crippen LogP contribution in [0.3, 0.4) is 0 Å². The molecule has 4 unspecified atom stereocenters. The third-order valence-electron chi connectivity index (χ3n) is 4.05. The molecular weight excluding hydrogens is 232 g/mol. The highest BCUT2D eigenvalue weighted by atomic mass is 16.5. The standard InChI is InChI=1S/C14H24O4/c1-9-5-6-10(2)14(8-18-12(4)16)13(9)7-17-11(3)15/h9-10,13-14H,5-8H2,1-4H3. The molecular formula is C14H24O4. The number of hydrogen-bond acceptors (Lipinski definition) is 4. The molecule has 0 spiro atoms. The molecule has 0 saturated heterocycles. The number of rotatable bonds is 4. The first-order valence-corrected chi connectivity index (χ1v) is 6.68. The molecule has 0 radical (unpaired) electrons. The van der Waals surface area contributed by atoms with Gasteiger partial charge >= 0.3 is 11.9 Å². The lowest BCUT2D eigenvalue weighted by atomic mass is 9.68. The van der Waals surface area contributed by atoms with Gasteiger partial charge in [0.1, 0.15) is 0 Å². The van der Waals surface area contributed by atoms with Crippen molar-refractivity contribution in [3.05, 3.63) is 0 Å². The number of carbonyl (C=O) groups excluding carboxylic acids is 2. The van der Waals surface area contributed by atoms with Crippen LogP contribution in [0.5, 0.6) is 0 Å². The fraction of sp³-hybridized carbons (Fsp3) is 0.857. The smallest absolute Gasteiger partial charge is 0.302 e. The van der Waals surface area contributed by atoms with E-state index in [1.165, 1.54) is 13.8 Å². The molecule has 1 saturated carbocycles. The molecule has 0 N–H and O–H groups in total. The van der Waals surface area contributed by atoms with Crippen molar-refractivity contribution < 1.29 is 19.1 Å². The maximum atomic E-state index is 10.9. The van der Waals surface area contributed by atoms with Crippen LogP contribution >= 0.6 is 0 Å². The second-order valence-corrected chi connectivity index (χ2v) is 5.46. The fourth-order valence-electron chi connectivity index (χ4n) is 2.80. The highest BCUT2D eigenvalue weighted by Gasteiger charge is 2.36. The number of ether oxygens (including phenoxy) is 2. The van der Waals surface area contributed by atoms with Gasteiger partial charge in [-0.05, 0) is 11.8 Å². The average Bonchev–Trinajstić information content (AvgIpc) is 2.28. The number of carbonyl (C=O) groups is 2.